The molecule has 0 unspecified atom stereocenters. The molecule has 4 nitrogen and oxygen atoms in total. The van der Waals surface area contributed by atoms with Crippen molar-refractivity contribution >= 4 is 82.1 Å². The second kappa shape index (κ2) is 17.0. The van der Waals surface area contributed by atoms with Gasteiger partial charge in [0.1, 0.15) is 0 Å². The van der Waals surface area contributed by atoms with E-state index in [0.717, 1.165) is 36.7 Å². The molecule has 0 aliphatic carbocycles. The van der Waals surface area contributed by atoms with Crippen LogP contribution in [0.4, 0.5) is 0 Å². The van der Waals surface area contributed by atoms with Gasteiger partial charge in [-0.1, -0.05) is 218 Å². The summed E-state index contributed by atoms with van der Waals surface area (Å²) in [5, 5.41) is 2.54. The minimum absolute atomic E-state index is 0.0462. The number of fused-ring (bicyclic) bond motifs is 6. The topological polar surface area (TPSA) is 43.6 Å². The summed E-state index contributed by atoms with van der Waals surface area (Å²) >= 11 is 0.744. The molecule has 0 spiro atoms. The minimum Gasteiger partial charge on any atom is -0.309 e. The fourth-order valence-corrected chi connectivity index (χ4v) is 14.7. The molecular formula is C63H42N4SSi. The predicted octanol–water partition coefficient (Wildman–Crippen LogP) is 13.4. The lowest BCUT2D eigenvalue weighted by Crippen LogP contribution is -2.74. The Balaban J connectivity index is 1.15. The Kier molecular flexibility index (Phi) is 5.76. The summed E-state index contributed by atoms with van der Waals surface area (Å²) in [4.78, 5) is 14.5. The zero-order valence-corrected chi connectivity index (χ0v) is 37.5. The molecule has 3 heterocycles. The van der Waals surface area contributed by atoms with Crippen molar-refractivity contribution in [3.8, 4) is 51.0 Å². The van der Waals surface area contributed by atoms with Crippen LogP contribution < -0.4 is 20.7 Å². The molecule has 0 N–H and O–H groups in total. The van der Waals surface area contributed by atoms with Crippen LogP contribution in [0.3, 0.4) is 0 Å². The number of hydrogen-bond acceptors (Lipinski definition) is 4. The summed E-state index contributed by atoms with van der Waals surface area (Å²) in [7, 11) is -3.37. The normalized spacial score (nSPS) is 16.4. The highest BCUT2D eigenvalue weighted by atomic mass is 32.1. The van der Waals surface area contributed by atoms with Crippen LogP contribution in [-0.4, -0.2) is 27.6 Å². The number of thiophene rings is 1. The molecule has 0 atom stereocenters. The van der Waals surface area contributed by atoms with Crippen LogP contribution in [0.1, 0.15) is 31.5 Å². The Bertz CT molecular complexity index is 5200. The minimum atomic E-state index is -3.37. The van der Waals surface area contributed by atoms with E-state index in [0.29, 0.717) is 0 Å². The predicted molar refractivity (Wildman–Crippen MR) is 292 cm³/mol. The summed E-state index contributed by atoms with van der Waals surface area (Å²) in [6, 6.07) is 19.4. The number of nitrogens with zero attached hydrogens (tertiary/aromatic N) is 4. The average Bonchev–Trinajstić information content (AvgIpc) is 1.55. The number of rotatable bonds is 9. The molecule has 0 bridgehead atoms. The standard InChI is InChI=1S/C63H42N4SSi/c1-4-22-48(23-5-1)69(49-24-6-2-7-25-49,50-26-8-3-9-27-50)51-28-17-20-46(42-51)63-65-61(44-39-37-43(38-40-44)52-32-18-36-59-60(52)55-31-12-15-35-58(55)68-59)64-62(66-63)45-19-16-21-47(41-45)67-56-33-13-10-29-53(56)54-30-11-14-34-57(54)67/h1-42H/i10D,11D,12D,13D,14D,15D,16D,18D,19D,21D,29D,30D,31D,32D,33D,34D,35D,36D,37D,38D,39D,40D,41D. The van der Waals surface area contributed by atoms with E-state index in [1.54, 1.807) is 12.1 Å². The fraction of sp³-hybridized carbons (Fsp3) is 0. The van der Waals surface area contributed by atoms with Gasteiger partial charge in [-0.15, -0.1) is 11.3 Å². The van der Waals surface area contributed by atoms with Crippen molar-refractivity contribution in [2.75, 3.05) is 0 Å². The van der Waals surface area contributed by atoms with Crippen molar-refractivity contribution in [2.45, 2.75) is 0 Å². The molecule has 6 heteroatoms. The van der Waals surface area contributed by atoms with E-state index in [9.17, 15) is 15.1 Å². The molecule has 0 saturated heterocycles. The van der Waals surface area contributed by atoms with Gasteiger partial charge in [-0.05, 0) is 68.1 Å². The maximum Gasteiger partial charge on any atom is 0.179 e. The maximum absolute atomic E-state index is 10.1. The van der Waals surface area contributed by atoms with Crippen LogP contribution in [0, 0.1) is 0 Å². The third-order valence-corrected chi connectivity index (χ3v) is 17.7. The van der Waals surface area contributed by atoms with Gasteiger partial charge in [-0.3, -0.25) is 0 Å². The van der Waals surface area contributed by atoms with Gasteiger partial charge < -0.3 is 4.57 Å². The number of para-hydroxylation sites is 2. The second-order valence-electron chi connectivity index (χ2n) is 15.8. The number of hydrogen-bond donors (Lipinski definition) is 0. The van der Waals surface area contributed by atoms with Crippen LogP contribution >= 0.6 is 11.3 Å². The quantitative estimate of drug-likeness (QED) is 0.107. The third-order valence-electron chi connectivity index (χ3n) is 11.9. The lowest BCUT2D eigenvalue weighted by molar-refractivity contribution is 1.07. The first kappa shape index (κ1) is 23.4. The Morgan fingerprint density at radius 1 is 0.391 bits per heavy atom. The Morgan fingerprint density at radius 3 is 1.54 bits per heavy atom. The van der Waals surface area contributed by atoms with Gasteiger partial charge >= 0.3 is 0 Å². The monoisotopic (exact) mass is 937 g/mol. The summed E-state index contributed by atoms with van der Waals surface area (Å²) in [5.41, 5.74) is -3.74. The Morgan fingerprint density at radius 2 is 0.899 bits per heavy atom. The van der Waals surface area contributed by atoms with E-state index in [2.05, 4.69) is 0 Å². The lowest BCUT2D eigenvalue weighted by atomic mass is 9.98. The zero-order chi connectivity index (χ0) is 65.7. The van der Waals surface area contributed by atoms with Crippen LogP contribution in [0.25, 0.3) is 93.0 Å². The van der Waals surface area contributed by atoms with E-state index < -0.39 is 208 Å². The van der Waals surface area contributed by atoms with E-state index in [1.807, 2.05) is 103 Å². The van der Waals surface area contributed by atoms with Crippen molar-refractivity contribution in [3.05, 3.63) is 254 Å². The lowest BCUT2D eigenvalue weighted by Gasteiger charge is -2.34. The van der Waals surface area contributed by atoms with Crippen LogP contribution in [0.5, 0.6) is 0 Å². The molecule has 0 fully saturated rings. The third kappa shape index (κ3) is 6.91. The largest absolute Gasteiger partial charge is 0.309 e. The Labute approximate surface area is 437 Å². The number of benzene rings is 10. The summed E-state index contributed by atoms with van der Waals surface area (Å²) in [6.45, 7) is 0. The van der Waals surface area contributed by atoms with Gasteiger partial charge in [0.2, 0.25) is 0 Å². The fourth-order valence-electron chi connectivity index (χ4n) is 8.98. The first-order valence-corrected chi connectivity index (χ1v) is 24.3. The second-order valence-corrected chi connectivity index (χ2v) is 20.6. The van der Waals surface area contributed by atoms with Crippen molar-refractivity contribution < 1.29 is 31.5 Å². The number of aromatic nitrogens is 4. The SMILES string of the molecule is [2H]c1c([2H])c(-c2nc(-c3cccc([Si](c4ccccc4)(c4ccccc4)c4ccccc4)c3)nc(-c3c([2H])c([2H])c(-c4c([2H])c([2H])c([2H])c5sc6c([2H])c([2H])c([2H])c([2H])c6c45)c([2H])c3[2H])n2)c([2H])c(-n2c3c([2H])c([2H])c([2H])c([2H])c3c3c([2H])c([2H])c([2H])c([2H])c32)c1[2H]. The average molecular weight is 938 g/mol. The molecule has 10 aromatic carbocycles. The summed E-state index contributed by atoms with van der Waals surface area (Å²) in [6.07, 6.45) is 0. The summed E-state index contributed by atoms with van der Waals surface area (Å²) < 4.78 is 211. The first-order valence-electron chi connectivity index (χ1n) is 33.0. The van der Waals surface area contributed by atoms with Gasteiger partial charge in [0, 0.05) is 53.3 Å². The van der Waals surface area contributed by atoms with Gasteiger partial charge in [0.15, 0.2) is 25.5 Å². The smallest absolute Gasteiger partial charge is 0.179 e. The highest BCUT2D eigenvalue weighted by molar-refractivity contribution is 7.26. The van der Waals surface area contributed by atoms with Crippen molar-refractivity contribution in [3.63, 3.8) is 0 Å². The molecular weight excluding hydrogens is 873 g/mol. The molecule has 324 valence electrons. The van der Waals surface area contributed by atoms with Gasteiger partial charge in [0.25, 0.3) is 0 Å². The molecule has 0 radical (unpaired) electrons. The molecule has 69 heavy (non-hydrogen) atoms. The van der Waals surface area contributed by atoms with Crippen LogP contribution in [0.15, 0.2) is 254 Å². The highest BCUT2D eigenvalue weighted by Gasteiger charge is 2.41. The molecule has 0 amide bonds. The van der Waals surface area contributed by atoms with Gasteiger partial charge in [-0.25, -0.2) is 15.0 Å². The maximum atomic E-state index is 10.1. The zero-order valence-electron chi connectivity index (χ0n) is 58.7. The molecule has 0 saturated carbocycles. The molecule has 0 aliphatic rings. The van der Waals surface area contributed by atoms with Gasteiger partial charge in [0.05, 0.1) is 42.6 Å². The van der Waals surface area contributed by atoms with E-state index in [-0.39, 0.29) is 31.6 Å². The highest BCUT2D eigenvalue weighted by Crippen LogP contribution is 2.40. The van der Waals surface area contributed by atoms with Crippen molar-refractivity contribution in [1.82, 2.24) is 19.5 Å². The van der Waals surface area contributed by atoms with Gasteiger partial charge in [-0.2, -0.15) is 0 Å². The van der Waals surface area contributed by atoms with Crippen LogP contribution in [-0.2, 0) is 0 Å². The Hall–Kier alpha value is -8.55. The van der Waals surface area contributed by atoms with E-state index in [4.69, 9.17) is 31.4 Å². The molecule has 13 rings (SSSR count). The van der Waals surface area contributed by atoms with Crippen molar-refractivity contribution in [2.24, 2.45) is 0 Å². The molecule has 3 aromatic heterocycles. The summed E-state index contributed by atoms with van der Waals surface area (Å²) in [5.74, 6) is -1.51. The van der Waals surface area contributed by atoms with Crippen LogP contribution in [0.2, 0.25) is 0 Å². The molecule has 0 aliphatic heterocycles. The van der Waals surface area contributed by atoms with E-state index in [1.165, 1.54) is 0 Å². The first-order chi connectivity index (χ1) is 43.8. The van der Waals surface area contributed by atoms with Crippen molar-refractivity contribution in [1.29, 1.82) is 0 Å². The molecule has 13 aromatic rings. The van der Waals surface area contributed by atoms with E-state index >= 15 is 0 Å².